The summed E-state index contributed by atoms with van der Waals surface area (Å²) in [6.45, 7) is 4.78. The van der Waals surface area contributed by atoms with Gasteiger partial charge in [-0.25, -0.2) is 0 Å². The summed E-state index contributed by atoms with van der Waals surface area (Å²) < 4.78 is 10.4. The maximum atomic E-state index is 12.8. The molecule has 1 N–H and O–H groups in total. The van der Waals surface area contributed by atoms with Gasteiger partial charge in [0.15, 0.2) is 0 Å². The van der Waals surface area contributed by atoms with Crippen LogP contribution in [0, 0.1) is 0 Å². The van der Waals surface area contributed by atoms with Crippen molar-refractivity contribution >= 4 is 24.0 Å². The highest BCUT2D eigenvalue weighted by atomic mass is 16.6. The van der Waals surface area contributed by atoms with Gasteiger partial charge in [-0.2, -0.15) is 0 Å². The highest BCUT2D eigenvalue weighted by molar-refractivity contribution is 5.95. The predicted molar refractivity (Wildman–Crippen MR) is 108 cm³/mol. The topological polar surface area (TPSA) is 96.4 Å². The number of aliphatic hydroxyl groups is 1. The van der Waals surface area contributed by atoms with Gasteiger partial charge in [-0.05, 0) is 44.4 Å². The van der Waals surface area contributed by atoms with E-state index in [9.17, 15) is 19.5 Å². The molecule has 1 fully saturated rings. The number of nitrogens with zero attached hydrogens (tertiary/aromatic N) is 2. The SMILES string of the molecule is CC(=O)OC[C@H](C)OCCN(C=O)c1cccc(C(=O)N2CCCC[C@@H](O)C2)c1. The van der Waals surface area contributed by atoms with Crippen molar-refractivity contribution in [3.05, 3.63) is 29.8 Å². The van der Waals surface area contributed by atoms with Crippen LogP contribution in [0.15, 0.2) is 24.3 Å². The van der Waals surface area contributed by atoms with Crippen molar-refractivity contribution in [2.45, 2.75) is 45.3 Å². The number of carbonyl (C=O) groups excluding carboxylic acids is 3. The lowest BCUT2D eigenvalue weighted by Crippen LogP contribution is -2.36. The lowest BCUT2D eigenvalue weighted by Gasteiger charge is -2.23. The van der Waals surface area contributed by atoms with Crippen molar-refractivity contribution < 1.29 is 29.0 Å². The molecule has 1 saturated heterocycles. The van der Waals surface area contributed by atoms with Gasteiger partial charge < -0.3 is 24.4 Å². The fourth-order valence-electron chi connectivity index (χ4n) is 3.18. The Balaban J connectivity index is 1.95. The molecule has 0 bridgehead atoms. The number of carbonyl (C=O) groups is 3. The van der Waals surface area contributed by atoms with Gasteiger partial charge in [0.05, 0.1) is 18.8 Å². The zero-order valence-corrected chi connectivity index (χ0v) is 17.1. The molecule has 0 unspecified atom stereocenters. The van der Waals surface area contributed by atoms with Crippen LogP contribution >= 0.6 is 0 Å². The standard InChI is InChI=1S/C21H30N2O6/c1-16(14-29-17(2)25)28-11-10-23(15-24)19-7-5-6-18(12-19)21(27)22-9-4-3-8-20(26)13-22/h5-7,12,15-16,20,26H,3-4,8-11,13-14H2,1-2H3/t16-,20+/m0/s1. The van der Waals surface area contributed by atoms with Gasteiger partial charge >= 0.3 is 5.97 Å². The minimum absolute atomic E-state index is 0.148. The van der Waals surface area contributed by atoms with Gasteiger partial charge in [-0.3, -0.25) is 14.4 Å². The van der Waals surface area contributed by atoms with E-state index in [1.54, 1.807) is 36.1 Å². The molecule has 0 spiro atoms. The first-order valence-corrected chi connectivity index (χ1v) is 9.95. The Labute approximate surface area is 171 Å². The zero-order chi connectivity index (χ0) is 21.2. The van der Waals surface area contributed by atoms with Gasteiger partial charge in [0.25, 0.3) is 5.91 Å². The Bertz CT molecular complexity index is 696. The highest BCUT2D eigenvalue weighted by Gasteiger charge is 2.22. The molecule has 29 heavy (non-hydrogen) atoms. The molecule has 8 heteroatoms. The first-order valence-electron chi connectivity index (χ1n) is 9.95. The molecule has 8 nitrogen and oxygen atoms in total. The molecule has 0 radical (unpaired) electrons. The molecular formula is C21H30N2O6. The third-order valence-electron chi connectivity index (χ3n) is 4.74. The third-order valence-corrected chi connectivity index (χ3v) is 4.74. The van der Waals surface area contributed by atoms with E-state index in [-0.39, 0.29) is 31.2 Å². The average molecular weight is 406 g/mol. The molecule has 1 aromatic rings. The lowest BCUT2D eigenvalue weighted by atomic mass is 10.1. The van der Waals surface area contributed by atoms with E-state index in [4.69, 9.17) is 9.47 Å². The molecule has 1 aliphatic rings. The van der Waals surface area contributed by atoms with E-state index >= 15 is 0 Å². The Morgan fingerprint density at radius 1 is 1.38 bits per heavy atom. The van der Waals surface area contributed by atoms with Crippen LogP contribution in [0.1, 0.15) is 43.5 Å². The fraction of sp³-hybridized carbons (Fsp3) is 0.571. The normalized spacial score (nSPS) is 17.9. The maximum absolute atomic E-state index is 12.8. The second-order valence-electron chi connectivity index (χ2n) is 7.23. The minimum Gasteiger partial charge on any atom is -0.463 e. The summed E-state index contributed by atoms with van der Waals surface area (Å²) in [6.07, 6.45) is 2.39. The van der Waals surface area contributed by atoms with E-state index < -0.39 is 6.10 Å². The van der Waals surface area contributed by atoms with Crippen molar-refractivity contribution in [2.24, 2.45) is 0 Å². The van der Waals surface area contributed by atoms with Crippen LogP contribution in [0.2, 0.25) is 0 Å². The van der Waals surface area contributed by atoms with E-state index in [2.05, 4.69) is 0 Å². The number of esters is 1. The van der Waals surface area contributed by atoms with Crippen molar-refractivity contribution in [3.63, 3.8) is 0 Å². The first-order chi connectivity index (χ1) is 13.9. The van der Waals surface area contributed by atoms with E-state index in [0.29, 0.717) is 43.7 Å². The van der Waals surface area contributed by atoms with E-state index in [1.807, 2.05) is 0 Å². The molecular weight excluding hydrogens is 376 g/mol. The number of β-amino-alcohol motifs (C(OH)–C–C–N with tert-alkyl or cyclic N) is 1. The second kappa shape index (κ2) is 11.5. The van der Waals surface area contributed by atoms with Crippen LogP contribution < -0.4 is 4.90 Å². The van der Waals surface area contributed by atoms with E-state index in [1.165, 1.54) is 11.8 Å². The monoisotopic (exact) mass is 406 g/mol. The van der Waals surface area contributed by atoms with Gasteiger partial charge in [0.2, 0.25) is 6.41 Å². The Kier molecular flexibility index (Phi) is 9.08. The molecule has 2 atom stereocenters. The molecule has 0 aliphatic carbocycles. The number of anilines is 1. The van der Waals surface area contributed by atoms with Gasteiger partial charge in [-0.15, -0.1) is 0 Å². The molecule has 160 valence electrons. The molecule has 2 rings (SSSR count). The number of hydrogen-bond donors (Lipinski definition) is 1. The second-order valence-corrected chi connectivity index (χ2v) is 7.23. The van der Waals surface area contributed by atoms with Crippen LogP contribution in [-0.4, -0.2) is 73.3 Å². The summed E-state index contributed by atoms with van der Waals surface area (Å²) in [4.78, 5) is 38.3. The first kappa shape index (κ1) is 22.8. The maximum Gasteiger partial charge on any atom is 0.302 e. The predicted octanol–water partition coefficient (Wildman–Crippen LogP) is 1.60. The largest absolute Gasteiger partial charge is 0.463 e. The number of hydrogen-bond acceptors (Lipinski definition) is 6. The number of aliphatic hydroxyl groups excluding tert-OH is 1. The molecule has 0 aromatic heterocycles. The smallest absolute Gasteiger partial charge is 0.302 e. The number of rotatable bonds is 9. The summed E-state index contributed by atoms with van der Waals surface area (Å²) in [5.74, 6) is -0.515. The lowest BCUT2D eigenvalue weighted by molar-refractivity contribution is -0.144. The Morgan fingerprint density at radius 2 is 2.17 bits per heavy atom. The van der Waals surface area contributed by atoms with Crippen molar-refractivity contribution in [2.75, 3.05) is 37.7 Å². The highest BCUT2D eigenvalue weighted by Crippen LogP contribution is 2.19. The van der Waals surface area contributed by atoms with Crippen molar-refractivity contribution in [1.82, 2.24) is 4.90 Å². The summed E-state index contributed by atoms with van der Waals surface area (Å²) in [7, 11) is 0. The number of amides is 2. The number of benzene rings is 1. The fourth-order valence-corrected chi connectivity index (χ4v) is 3.18. The Hall–Kier alpha value is -2.45. The van der Waals surface area contributed by atoms with Crippen LogP contribution in [0.25, 0.3) is 0 Å². The van der Waals surface area contributed by atoms with E-state index in [0.717, 1.165) is 12.8 Å². The molecule has 1 aliphatic heterocycles. The minimum atomic E-state index is -0.498. The molecule has 1 aromatic carbocycles. The summed E-state index contributed by atoms with van der Waals surface area (Å²) in [6, 6.07) is 6.88. The summed E-state index contributed by atoms with van der Waals surface area (Å²) >= 11 is 0. The van der Waals surface area contributed by atoms with Crippen molar-refractivity contribution in [1.29, 1.82) is 0 Å². The zero-order valence-electron chi connectivity index (χ0n) is 17.1. The molecule has 1 heterocycles. The van der Waals surface area contributed by atoms with Crippen LogP contribution in [0.5, 0.6) is 0 Å². The van der Waals surface area contributed by atoms with Gasteiger partial charge in [-0.1, -0.05) is 6.07 Å². The third kappa shape index (κ3) is 7.47. The Morgan fingerprint density at radius 3 is 2.90 bits per heavy atom. The van der Waals surface area contributed by atoms with Gasteiger partial charge in [0, 0.05) is 37.8 Å². The van der Waals surface area contributed by atoms with Crippen LogP contribution in [-0.2, 0) is 19.1 Å². The number of ether oxygens (including phenoxy) is 2. The molecule has 2 amide bonds. The quantitative estimate of drug-likeness (QED) is 0.494. The van der Waals surface area contributed by atoms with Crippen LogP contribution in [0.4, 0.5) is 5.69 Å². The summed E-state index contributed by atoms with van der Waals surface area (Å²) in [5, 5.41) is 9.96. The van der Waals surface area contributed by atoms with Crippen molar-refractivity contribution in [3.8, 4) is 0 Å². The van der Waals surface area contributed by atoms with Crippen LogP contribution in [0.3, 0.4) is 0 Å². The average Bonchev–Trinajstić information content (AvgIpc) is 2.93. The van der Waals surface area contributed by atoms with Gasteiger partial charge in [0.1, 0.15) is 6.61 Å². The summed E-state index contributed by atoms with van der Waals surface area (Å²) in [5.41, 5.74) is 1.07. The number of likely N-dealkylation sites (tertiary alicyclic amines) is 1. The molecule has 0 saturated carbocycles.